The molecule has 4 atom stereocenters. The number of ether oxygens (including phenoxy) is 2. The number of rotatable bonds is 9. The van der Waals surface area contributed by atoms with Gasteiger partial charge in [0.2, 0.25) is 17.6 Å². The molecular weight excluding hydrogens is 605 g/mol. The molecule has 1 aromatic heterocycles. The highest BCUT2D eigenvalue weighted by Crippen LogP contribution is 2.40. The third kappa shape index (κ3) is 7.02. The van der Waals surface area contributed by atoms with Crippen LogP contribution in [0.4, 0.5) is 10.3 Å². The highest BCUT2D eigenvalue weighted by molar-refractivity contribution is 6.99. The molecule has 3 aromatic rings. The lowest BCUT2D eigenvalue weighted by molar-refractivity contribution is -0.000403. The molecule has 1 unspecified atom stereocenters. The lowest BCUT2D eigenvalue weighted by Gasteiger charge is -2.48. The van der Waals surface area contributed by atoms with Crippen molar-refractivity contribution in [2.24, 2.45) is 10.9 Å². The van der Waals surface area contributed by atoms with Crippen molar-refractivity contribution in [3.8, 4) is 6.01 Å². The van der Waals surface area contributed by atoms with Crippen molar-refractivity contribution in [3.63, 3.8) is 0 Å². The van der Waals surface area contributed by atoms with Crippen LogP contribution in [0.25, 0.3) is 0 Å². The van der Waals surface area contributed by atoms with Crippen LogP contribution >= 0.6 is 0 Å². The zero-order valence-corrected chi connectivity index (χ0v) is 28.1. The van der Waals surface area contributed by atoms with Crippen LogP contribution in [-0.4, -0.2) is 103 Å². The number of hydrogen-bond donors (Lipinski definition) is 2. The molecule has 3 N–H and O–H groups in total. The summed E-state index contributed by atoms with van der Waals surface area (Å²) >= 11 is 0. The maximum atomic E-state index is 14.3. The number of halogens is 1. The Morgan fingerprint density at radius 2 is 1.80 bits per heavy atom. The molecule has 11 nitrogen and oxygen atoms in total. The molecule has 46 heavy (non-hydrogen) atoms. The van der Waals surface area contributed by atoms with Crippen LogP contribution in [0.2, 0.25) is 5.04 Å². The molecule has 5 rings (SSSR count). The smallest absolute Gasteiger partial charge is 0.322 e. The van der Waals surface area contributed by atoms with Crippen LogP contribution in [0.5, 0.6) is 6.01 Å². The molecule has 0 radical (unpaired) electrons. The molecule has 3 heterocycles. The van der Waals surface area contributed by atoms with E-state index in [4.69, 9.17) is 23.7 Å². The highest BCUT2D eigenvalue weighted by atomic mass is 28.4. The zero-order valence-electron chi connectivity index (χ0n) is 30.1. The van der Waals surface area contributed by atoms with E-state index in [0.717, 1.165) is 10.4 Å². The predicted octanol–water partition coefficient (Wildman–Crippen LogP) is 2.95. The Morgan fingerprint density at radius 1 is 1.15 bits per heavy atom. The van der Waals surface area contributed by atoms with E-state index in [9.17, 15) is 9.60 Å². The van der Waals surface area contributed by atoms with Gasteiger partial charge in [0.15, 0.2) is 0 Å². The van der Waals surface area contributed by atoms with E-state index in [2.05, 4.69) is 65.1 Å². The van der Waals surface area contributed by atoms with Crippen LogP contribution in [0.1, 0.15) is 50.9 Å². The Balaban J connectivity index is 1.56. The molecule has 0 aliphatic carbocycles. The number of benzene rings is 2. The molecule has 13 heteroatoms. The average molecular weight is 655 g/mol. The first-order valence-corrected chi connectivity index (χ1v) is 17.4. The van der Waals surface area contributed by atoms with E-state index in [1.54, 1.807) is 11.9 Å². The molecule has 0 bridgehead atoms. The molecular formula is C33H46FN7O4Si. The van der Waals surface area contributed by atoms with Gasteiger partial charge in [-0.15, -0.1) is 0 Å². The second-order valence-electron chi connectivity index (χ2n) is 13.3. The Labute approximate surface area is 275 Å². The van der Waals surface area contributed by atoms with Crippen molar-refractivity contribution in [2.45, 2.75) is 69.9 Å². The van der Waals surface area contributed by atoms with Gasteiger partial charge in [0, 0.05) is 23.2 Å². The Morgan fingerprint density at radius 3 is 2.35 bits per heavy atom. The molecule has 0 saturated carbocycles. The first kappa shape index (κ1) is 29.7. The molecule has 248 valence electrons. The van der Waals surface area contributed by atoms with Gasteiger partial charge in [0.25, 0.3) is 8.32 Å². The van der Waals surface area contributed by atoms with Crippen molar-refractivity contribution in [1.82, 2.24) is 19.9 Å². The summed E-state index contributed by atoms with van der Waals surface area (Å²) in [5, 5.41) is 14.5. The first-order chi connectivity index (χ1) is 23.1. The van der Waals surface area contributed by atoms with Crippen molar-refractivity contribution >= 4 is 30.5 Å². The van der Waals surface area contributed by atoms with Crippen LogP contribution in [0, 0.1) is 0 Å². The second-order valence-corrected chi connectivity index (χ2v) is 17.5. The van der Waals surface area contributed by atoms with E-state index in [1.807, 2.05) is 48.2 Å². The summed E-state index contributed by atoms with van der Waals surface area (Å²) in [5.74, 6) is -0.533. The van der Waals surface area contributed by atoms with Gasteiger partial charge in [-0.1, -0.05) is 86.6 Å². The fourth-order valence-electron chi connectivity index (χ4n) is 6.45. The van der Waals surface area contributed by atoms with E-state index in [1.165, 1.54) is 0 Å². The van der Waals surface area contributed by atoms with Gasteiger partial charge < -0.3 is 29.7 Å². The monoisotopic (exact) mass is 654 g/mol. The number of aromatic nitrogens is 3. The summed E-state index contributed by atoms with van der Waals surface area (Å²) in [6.45, 7) is 7.24. The van der Waals surface area contributed by atoms with E-state index >= 15 is 0 Å². The van der Waals surface area contributed by atoms with Crippen molar-refractivity contribution in [3.05, 3.63) is 66.5 Å². The van der Waals surface area contributed by atoms with Gasteiger partial charge in [0.05, 0.1) is 25.4 Å². The third-order valence-electron chi connectivity index (χ3n) is 8.61. The molecule has 0 amide bonds. The van der Waals surface area contributed by atoms with Crippen molar-refractivity contribution in [2.75, 3.05) is 44.8 Å². The van der Waals surface area contributed by atoms with Gasteiger partial charge in [-0.25, -0.2) is 4.39 Å². The minimum atomic E-state index is -3.03. The number of anilines is 1. The molecule has 2 aliphatic heterocycles. The number of nitrogens with zero attached hydrogens (tertiary/aromatic N) is 6. The van der Waals surface area contributed by atoms with E-state index in [-0.39, 0.29) is 48.9 Å². The van der Waals surface area contributed by atoms with E-state index < -0.39 is 44.9 Å². The standard InChI is InChI=1S/C33H46FN7O4Si/c1-23(27-19-24(34)20-40(27)6)44-31-37-29(28(35)39-42)36-30(38-31)41-17-18-43-22-33(5,21-41)45-46(32(2,3)4,25-13-9-7-10-14-25)26-15-11-8-12-16-26/h7-16,23-24,27,42H,17-22H2,1-6H3,(H2,35,39)/t23?,24-,27+,33+/m1/s1/i1D3. The number of hydrogen-bond acceptors (Lipinski definition) is 10. The predicted molar refractivity (Wildman–Crippen MR) is 179 cm³/mol. The molecule has 2 saturated heterocycles. The Kier molecular flexibility index (Phi) is 8.79. The fraction of sp³-hybridized carbons (Fsp3) is 0.515. The summed E-state index contributed by atoms with van der Waals surface area (Å²) in [6, 6.07) is 19.5. The summed E-state index contributed by atoms with van der Waals surface area (Å²) in [6.07, 6.45) is -2.67. The van der Waals surface area contributed by atoms with Gasteiger partial charge in [-0.2, -0.15) is 15.0 Å². The summed E-state index contributed by atoms with van der Waals surface area (Å²) < 4.78 is 58.6. The topological polar surface area (TPSA) is 131 Å². The van der Waals surface area contributed by atoms with Gasteiger partial charge >= 0.3 is 6.01 Å². The zero-order chi connectivity index (χ0) is 35.6. The molecule has 2 aromatic carbocycles. The lowest BCUT2D eigenvalue weighted by atomic mass is 10.1. The van der Waals surface area contributed by atoms with Crippen LogP contribution in [0.3, 0.4) is 0 Å². The number of likely N-dealkylation sites (tertiary alicyclic amines) is 1. The van der Waals surface area contributed by atoms with Crippen LogP contribution < -0.4 is 25.7 Å². The normalized spacial score (nSPS) is 25.3. The van der Waals surface area contributed by atoms with Crippen molar-refractivity contribution in [1.29, 1.82) is 0 Å². The van der Waals surface area contributed by atoms with Gasteiger partial charge in [-0.3, -0.25) is 4.90 Å². The average Bonchev–Trinajstić information content (AvgIpc) is 3.26. The minimum Gasteiger partial charge on any atom is -0.459 e. The lowest BCUT2D eigenvalue weighted by Crippen LogP contribution is -2.70. The second kappa shape index (κ2) is 13.6. The quantitative estimate of drug-likeness (QED) is 0.117. The summed E-state index contributed by atoms with van der Waals surface area (Å²) in [4.78, 5) is 16.7. The largest absolute Gasteiger partial charge is 0.459 e. The maximum absolute atomic E-state index is 14.3. The van der Waals surface area contributed by atoms with E-state index in [0.29, 0.717) is 13.2 Å². The van der Waals surface area contributed by atoms with Gasteiger partial charge in [-0.05, 0) is 42.7 Å². The summed E-state index contributed by atoms with van der Waals surface area (Å²) in [5.41, 5.74) is 5.05. The highest BCUT2D eigenvalue weighted by Gasteiger charge is 2.54. The van der Waals surface area contributed by atoms with Crippen LogP contribution in [-0.2, 0) is 9.16 Å². The first-order valence-electron chi connectivity index (χ1n) is 17.0. The maximum Gasteiger partial charge on any atom is 0.322 e. The Hall–Kier alpha value is -3.65. The fourth-order valence-corrected chi connectivity index (χ4v) is 11.2. The number of amidine groups is 1. The SMILES string of the molecule is [2H]C([2H])([2H])C(Oc1nc(C(N)=NO)nc(N2CCOC[C@@](C)(O[Si](c3ccccc3)(c3ccccc3)C(C)(C)C)C2)n1)[C@@H]1C[C@@H](F)CN1C. The van der Waals surface area contributed by atoms with Crippen LogP contribution in [0.15, 0.2) is 65.8 Å². The minimum absolute atomic E-state index is 0.0218. The number of nitrogens with two attached hydrogens (primary N) is 1. The molecule has 2 fully saturated rings. The van der Waals surface area contributed by atoms with Crippen molar-refractivity contribution < 1.29 is 27.6 Å². The number of oxime groups is 1. The number of likely N-dealkylation sites (N-methyl/N-ethyl adjacent to an activating group) is 1. The molecule has 2 aliphatic rings. The summed E-state index contributed by atoms with van der Waals surface area (Å²) in [7, 11) is -1.38. The molecule has 0 spiro atoms. The van der Waals surface area contributed by atoms with Gasteiger partial charge in [0.1, 0.15) is 12.3 Å². The Bertz CT molecular complexity index is 1560. The third-order valence-corrected chi connectivity index (χ3v) is 13.8. The number of alkyl halides is 1.